The zero-order valence-corrected chi connectivity index (χ0v) is 28.7. The van der Waals surface area contributed by atoms with Crippen LogP contribution in [0.5, 0.6) is 0 Å². The van der Waals surface area contributed by atoms with Crippen LogP contribution in [-0.2, 0) is 19.2 Å². The van der Waals surface area contributed by atoms with Crippen LogP contribution < -0.4 is 16.4 Å². The summed E-state index contributed by atoms with van der Waals surface area (Å²) in [4.78, 5) is 71.7. The first-order valence-corrected chi connectivity index (χ1v) is 18.6. The van der Waals surface area contributed by atoms with Crippen molar-refractivity contribution in [3.8, 4) is 0 Å². The summed E-state index contributed by atoms with van der Waals surface area (Å²) >= 11 is 0. The number of benzene rings is 2. The molecule has 2 saturated carbocycles. The Morgan fingerprint density at radius 1 is 0.878 bits per heavy atom. The van der Waals surface area contributed by atoms with E-state index in [-0.39, 0.29) is 30.2 Å². The highest BCUT2D eigenvalue weighted by molar-refractivity contribution is 6.01. The number of piperidine rings is 1. The number of hydrogen-bond acceptors (Lipinski definition) is 6. The molecular formula is C39H53N5O5. The van der Waals surface area contributed by atoms with Crippen molar-refractivity contribution in [1.29, 1.82) is 0 Å². The van der Waals surface area contributed by atoms with Gasteiger partial charge in [-0.25, -0.2) is 0 Å². The number of rotatable bonds is 13. The van der Waals surface area contributed by atoms with Crippen molar-refractivity contribution in [3.63, 3.8) is 0 Å². The summed E-state index contributed by atoms with van der Waals surface area (Å²) in [5.74, 6) is -1.12. The Hall–Kier alpha value is -3.79. The van der Waals surface area contributed by atoms with Crippen molar-refractivity contribution in [1.82, 2.24) is 20.4 Å². The maximum atomic E-state index is 14.8. The molecule has 0 bridgehead atoms. The van der Waals surface area contributed by atoms with E-state index >= 15 is 0 Å². The van der Waals surface area contributed by atoms with Crippen LogP contribution >= 0.6 is 0 Å². The summed E-state index contributed by atoms with van der Waals surface area (Å²) in [5.41, 5.74) is 4.69. The number of aldehydes is 1. The smallest absolute Gasteiger partial charge is 0.251 e. The minimum Gasteiger partial charge on any atom is -0.370 e. The van der Waals surface area contributed by atoms with Crippen molar-refractivity contribution in [2.24, 2.45) is 17.6 Å². The SMILES string of the molecule is NC(=O)CC(C=O)(CC1CCC1)NC(=O)[C@@H]1C[C@@H](N2CCCCC2)CN1C(=O)[C@@H](CC1CCCCC1)NC(=O)c1ccc2ccccc2c1. The molecule has 0 radical (unpaired) electrons. The van der Waals surface area contributed by atoms with Gasteiger partial charge >= 0.3 is 0 Å². The maximum absolute atomic E-state index is 14.8. The normalized spacial score (nSPS) is 24.0. The number of hydrogen-bond donors (Lipinski definition) is 3. The van der Waals surface area contributed by atoms with Crippen LogP contribution in [0.25, 0.3) is 10.8 Å². The van der Waals surface area contributed by atoms with Crippen LogP contribution in [0.4, 0.5) is 0 Å². The van der Waals surface area contributed by atoms with E-state index in [1.54, 1.807) is 11.0 Å². The summed E-state index contributed by atoms with van der Waals surface area (Å²) in [7, 11) is 0. The van der Waals surface area contributed by atoms with E-state index in [9.17, 15) is 24.0 Å². The van der Waals surface area contributed by atoms with Crippen molar-refractivity contribution >= 4 is 40.7 Å². The molecule has 1 unspecified atom stereocenters. The van der Waals surface area contributed by atoms with Gasteiger partial charge in [-0.05, 0) is 79.9 Å². The molecule has 0 aromatic heterocycles. The second-order valence-electron chi connectivity index (χ2n) is 15.2. The minimum atomic E-state index is -1.41. The Morgan fingerprint density at radius 2 is 1.57 bits per heavy atom. The Bertz CT molecular complexity index is 1510. The zero-order chi connectivity index (χ0) is 34.4. The Labute approximate surface area is 289 Å². The predicted molar refractivity (Wildman–Crippen MR) is 188 cm³/mol. The van der Waals surface area contributed by atoms with Crippen molar-refractivity contribution in [2.45, 2.75) is 120 Å². The lowest BCUT2D eigenvalue weighted by Gasteiger charge is -2.37. The molecule has 2 aliphatic heterocycles. The monoisotopic (exact) mass is 671 g/mol. The number of nitrogens with two attached hydrogens (primary N) is 1. The van der Waals surface area contributed by atoms with Gasteiger partial charge in [-0.15, -0.1) is 0 Å². The minimum absolute atomic E-state index is 0.0140. The molecule has 4 fully saturated rings. The van der Waals surface area contributed by atoms with Crippen LogP contribution in [-0.4, -0.2) is 83.0 Å². The molecular weight excluding hydrogens is 618 g/mol. The number of primary amides is 1. The van der Waals surface area contributed by atoms with Gasteiger partial charge in [-0.2, -0.15) is 0 Å². The molecule has 4 amide bonds. The molecule has 4 aliphatic rings. The van der Waals surface area contributed by atoms with Gasteiger partial charge in [0.15, 0.2) is 0 Å². The fourth-order valence-electron chi connectivity index (χ4n) is 8.74. The molecule has 2 saturated heterocycles. The zero-order valence-electron chi connectivity index (χ0n) is 28.7. The molecule has 2 aromatic rings. The Balaban J connectivity index is 1.27. The molecule has 2 heterocycles. The van der Waals surface area contributed by atoms with Crippen molar-refractivity contribution in [3.05, 3.63) is 48.0 Å². The highest BCUT2D eigenvalue weighted by Crippen LogP contribution is 2.35. The quantitative estimate of drug-likeness (QED) is 0.268. The third kappa shape index (κ3) is 8.51. The summed E-state index contributed by atoms with van der Waals surface area (Å²) in [6, 6.07) is 11.8. The highest BCUT2D eigenvalue weighted by atomic mass is 16.2. The Morgan fingerprint density at radius 3 is 2.24 bits per heavy atom. The maximum Gasteiger partial charge on any atom is 0.251 e. The number of nitrogens with one attached hydrogen (secondary N) is 2. The summed E-state index contributed by atoms with van der Waals surface area (Å²) in [6.45, 7) is 2.19. The van der Waals surface area contributed by atoms with E-state index < -0.39 is 29.4 Å². The third-order valence-electron chi connectivity index (χ3n) is 11.6. The molecule has 264 valence electrons. The number of carbonyl (C=O) groups excluding carboxylic acids is 5. The van der Waals surface area contributed by atoms with Crippen LogP contribution in [0.1, 0.15) is 107 Å². The van der Waals surface area contributed by atoms with Gasteiger partial charge in [0.1, 0.15) is 23.9 Å². The fraction of sp³-hybridized carbons (Fsp3) is 0.615. The number of fused-ring (bicyclic) bond motifs is 1. The third-order valence-corrected chi connectivity index (χ3v) is 11.6. The highest BCUT2D eigenvalue weighted by Gasteiger charge is 2.47. The van der Waals surface area contributed by atoms with Gasteiger partial charge < -0.3 is 26.1 Å². The van der Waals surface area contributed by atoms with E-state index in [1.807, 2.05) is 36.4 Å². The number of carbonyl (C=O) groups is 5. The molecule has 2 aromatic carbocycles. The van der Waals surface area contributed by atoms with E-state index in [1.165, 1.54) is 6.42 Å². The van der Waals surface area contributed by atoms with Crippen LogP contribution in [0.2, 0.25) is 0 Å². The van der Waals surface area contributed by atoms with Crippen LogP contribution in [0.15, 0.2) is 42.5 Å². The van der Waals surface area contributed by atoms with Gasteiger partial charge in [0.25, 0.3) is 5.91 Å². The van der Waals surface area contributed by atoms with Gasteiger partial charge in [-0.1, -0.05) is 88.1 Å². The molecule has 4 N–H and O–H groups in total. The summed E-state index contributed by atoms with van der Waals surface area (Å²) in [5, 5.41) is 8.05. The molecule has 49 heavy (non-hydrogen) atoms. The largest absolute Gasteiger partial charge is 0.370 e. The van der Waals surface area contributed by atoms with E-state index in [0.29, 0.717) is 43.6 Å². The van der Waals surface area contributed by atoms with E-state index in [0.717, 1.165) is 88.1 Å². The molecule has 2 aliphatic carbocycles. The average molecular weight is 672 g/mol. The second-order valence-corrected chi connectivity index (χ2v) is 15.2. The molecule has 0 spiro atoms. The lowest BCUT2D eigenvalue weighted by atomic mass is 9.75. The van der Waals surface area contributed by atoms with E-state index in [4.69, 9.17) is 5.73 Å². The summed E-state index contributed by atoms with van der Waals surface area (Å²) in [6.07, 6.45) is 13.3. The predicted octanol–water partition coefficient (Wildman–Crippen LogP) is 4.48. The van der Waals surface area contributed by atoms with Crippen LogP contribution in [0, 0.1) is 11.8 Å². The number of likely N-dealkylation sites (tertiary alicyclic amines) is 2. The molecule has 10 nitrogen and oxygen atoms in total. The first kappa shape index (κ1) is 35.1. The standard InChI is InChI=1S/C39H53N5O5/c40-35(46)24-39(26-45,23-28-12-9-13-28)42-37(48)34-22-32(43-18-7-2-8-19-43)25-44(34)38(49)33(20-27-10-3-1-4-11-27)41-36(47)31-17-16-29-14-5-6-15-30(29)21-31/h5-6,14-17,21,26-28,32-34H,1-4,7-13,18-20,22-25H2,(H2,40,46)(H,41,47)(H,42,48)/t32-,33-,34+,39?/m1/s1. The summed E-state index contributed by atoms with van der Waals surface area (Å²) < 4.78 is 0. The van der Waals surface area contributed by atoms with Crippen molar-refractivity contribution in [2.75, 3.05) is 19.6 Å². The topological polar surface area (TPSA) is 142 Å². The van der Waals surface area contributed by atoms with Gasteiger partial charge in [0.05, 0.1) is 6.42 Å². The molecule has 4 atom stereocenters. The number of nitrogens with zero attached hydrogens (tertiary/aromatic N) is 2. The lowest BCUT2D eigenvalue weighted by molar-refractivity contribution is -0.142. The number of amides is 4. The van der Waals surface area contributed by atoms with Gasteiger partial charge in [0, 0.05) is 18.2 Å². The first-order chi connectivity index (χ1) is 23.7. The fourth-order valence-corrected chi connectivity index (χ4v) is 8.74. The van der Waals surface area contributed by atoms with Crippen LogP contribution in [0.3, 0.4) is 0 Å². The molecule has 10 heteroatoms. The van der Waals surface area contributed by atoms with Crippen molar-refractivity contribution < 1.29 is 24.0 Å². The van der Waals surface area contributed by atoms with Gasteiger partial charge in [0.2, 0.25) is 17.7 Å². The van der Waals surface area contributed by atoms with Gasteiger partial charge in [-0.3, -0.25) is 24.1 Å². The second kappa shape index (κ2) is 15.8. The van der Waals surface area contributed by atoms with E-state index in [2.05, 4.69) is 15.5 Å². The average Bonchev–Trinajstić information content (AvgIpc) is 3.55. The lowest BCUT2D eigenvalue weighted by Crippen LogP contribution is -2.59. The Kier molecular flexibility index (Phi) is 11.3. The molecule has 6 rings (SSSR count). The first-order valence-electron chi connectivity index (χ1n) is 18.6.